The largest absolute Gasteiger partial charge is 0.312 e. The highest BCUT2D eigenvalue weighted by atomic mass is 32.2. The van der Waals surface area contributed by atoms with Crippen molar-refractivity contribution in [1.29, 1.82) is 0 Å². The Hall–Kier alpha value is -2.46. The van der Waals surface area contributed by atoms with E-state index in [1.54, 1.807) is 7.05 Å². The Bertz CT molecular complexity index is 857. The summed E-state index contributed by atoms with van der Waals surface area (Å²) in [4.78, 5) is 10.0. The third kappa shape index (κ3) is 2.90. The van der Waals surface area contributed by atoms with E-state index in [0.29, 0.717) is 12.4 Å². The molecule has 3 rings (SSSR count). The highest BCUT2D eigenvalue weighted by Crippen LogP contribution is 2.25. The maximum atomic E-state index is 12.5. The third-order valence-electron chi connectivity index (χ3n) is 3.66. The summed E-state index contributed by atoms with van der Waals surface area (Å²) in [7, 11) is -2.17. The summed E-state index contributed by atoms with van der Waals surface area (Å²) in [5.74, 6) is 0.408. The number of hydrogen-bond donors (Lipinski definition) is 2. The Morgan fingerprint density at radius 3 is 2.70 bits per heavy atom. The smallest absolute Gasteiger partial charge is 0.269 e. The molecule has 1 aliphatic heterocycles. The van der Waals surface area contributed by atoms with Crippen LogP contribution in [0.15, 0.2) is 29.2 Å². The van der Waals surface area contributed by atoms with Gasteiger partial charge in [-0.15, -0.1) is 0 Å². The fourth-order valence-electron chi connectivity index (χ4n) is 2.49. The fraction of sp³-hybridized carbons (Fsp3) is 0.308. The molecule has 0 spiro atoms. The van der Waals surface area contributed by atoms with Gasteiger partial charge in [0.2, 0.25) is 0 Å². The highest BCUT2D eigenvalue weighted by molar-refractivity contribution is 7.92. The van der Waals surface area contributed by atoms with Crippen LogP contribution in [0.5, 0.6) is 0 Å². The molecule has 23 heavy (non-hydrogen) atoms. The number of non-ortho nitro benzene ring substituents is 1. The molecule has 2 N–H and O–H groups in total. The molecular weight excluding hydrogens is 322 g/mol. The maximum absolute atomic E-state index is 12.5. The van der Waals surface area contributed by atoms with Crippen molar-refractivity contribution in [1.82, 2.24) is 15.1 Å². The van der Waals surface area contributed by atoms with Gasteiger partial charge in [-0.25, -0.2) is 8.42 Å². The molecule has 9 nitrogen and oxygen atoms in total. The first-order valence-electron chi connectivity index (χ1n) is 6.91. The number of fused-ring (bicyclic) bond motifs is 1. The number of nitrogens with zero attached hydrogens (tertiary/aromatic N) is 3. The summed E-state index contributed by atoms with van der Waals surface area (Å²) in [6, 6.07) is 4.74. The van der Waals surface area contributed by atoms with E-state index >= 15 is 0 Å². The molecule has 1 aliphatic rings. The summed E-state index contributed by atoms with van der Waals surface area (Å²) in [6.45, 7) is 1.35. The van der Waals surface area contributed by atoms with Crippen molar-refractivity contribution in [3.05, 3.63) is 45.6 Å². The Balaban J connectivity index is 1.92. The molecule has 122 valence electrons. The second kappa shape index (κ2) is 5.63. The van der Waals surface area contributed by atoms with Crippen LogP contribution in [-0.4, -0.2) is 29.7 Å². The van der Waals surface area contributed by atoms with Crippen LogP contribution in [0.3, 0.4) is 0 Å². The molecule has 1 aromatic carbocycles. The van der Waals surface area contributed by atoms with Crippen LogP contribution in [0.2, 0.25) is 0 Å². The minimum absolute atomic E-state index is 0.0400. The van der Waals surface area contributed by atoms with Crippen molar-refractivity contribution < 1.29 is 13.3 Å². The molecule has 0 aliphatic carbocycles. The lowest BCUT2D eigenvalue weighted by Gasteiger charge is -2.14. The van der Waals surface area contributed by atoms with Gasteiger partial charge in [-0.1, -0.05) is 0 Å². The van der Waals surface area contributed by atoms with Crippen molar-refractivity contribution in [3.63, 3.8) is 0 Å². The first-order valence-corrected chi connectivity index (χ1v) is 8.39. The van der Waals surface area contributed by atoms with Crippen LogP contribution in [0.4, 0.5) is 11.5 Å². The number of sulfonamides is 1. The fourth-order valence-corrected chi connectivity index (χ4v) is 3.61. The molecule has 0 saturated heterocycles. The molecule has 10 heteroatoms. The van der Waals surface area contributed by atoms with E-state index in [4.69, 9.17) is 0 Å². The average Bonchev–Trinajstić information content (AvgIpc) is 2.83. The molecule has 0 radical (unpaired) electrons. The predicted octanol–water partition coefficient (Wildman–Crippen LogP) is 0.775. The van der Waals surface area contributed by atoms with Crippen LogP contribution >= 0.6 is 0 Å². The maximum Gasteiger partial charge on any atom is 0.269 e. The van der Waals surface area contributed by atoms with E-state index in [0.717, 1.165) is 36.4 Å². The SMILES string of the molecule is Cn1nc2c(c1NS(=O)(=O)c1ccc([N+](=O)[O-])cc1)CNCC2. The van der Waals surface area contributed by atoms with Gasteiger partial charge >= 0.3 is 0 Å². The number of anilines is 1. The van der Waals surface area contributed by atoms with Gasteiger partial charge in [0.25, 0.3) is 15.7 Å². The van der Waals surface area contributed by atoms with Crippen LogP contribution in [0.1, 0.15) is 11.3 Å². The monoisotopic (exact) mass is 337 g/mol. The Morgan fingerprint density at radius 2 is 2.04 bits per heavy atom. The van der Waals surface area contributed by atoms with Crippen molar-refractivity contribution in [2.75, 3.05) is 11.3 Å². The molecule has 1 aromatic heterocycles. The summed E-state index contributed by atoms with van der Waals surface area (Å²) < 4.78 is 29.0. The van der Waals surface area contributed by atoms with Crippen LogP contribution in [-0.2, 0) is 30.0 Å². The van der Waals surface area contributed by atoms with Gasteiger partial charge in [-0.2, -0.15) is 5.10 Å². The number of nitrogens with one attached hydrogen (secondary N) is 2. The summed E-state index contributed by atoms with van der Waals surface area (Å²) in [5.41, 5.74) is 1.53. The number of rotatable bonds is 4. The summed E-state index contributed by atoms with van der Waals surface area (Å²) in [5, 5.41) is 18.1. The van der Waals surface area contributed by atoms with Crippen molar-refractivity contribution in [3.8, 4) is 0 Å². The van der Waals surface area contributed by atoms with Crippen LogP contribution in [0, 0.1) is 10.1 Å². The van der Waals surface area contributed by atoms with Gasteiger partial charge in [0.1, 0.15) is 5.82 Å². The standard InChI is InChI=1S/C13H15N5O4S/c1-17-13(11-8-14-7-6-12(11)15-17)16-23(21,22)10-4-2-9(3-5-10)18(19)20/h2-5,14,16H,6-8H2,1H3. The Kier molecular flexibility index (Phi) is 3.78. The molecule has 0 bridgehead atoms. The van der Waals surface area contributed by atoms with E-state index in [-0.39, 0.29) is 10.6 Å². The zero-order valence-electron chi connectivity index (χ0n) is 12.3. The quantitative estimate of drug-likeness (QED) is 0.628. The van der Waals surface area contributed by atoms with Gasteiger partial charge in [0, 0.05) is 44.3 Å². The number of nitro groups is 1. The number of aromatic nitrogens is 2. The first kappa shape index (κ1) is 15.4. The van der Waals surface area contributed by atoms with Gasteiger partial charge in [-0.05, 0) is 12.1 Å². The topological polar surface area (TPSA) is 119 Å². The molecule has 2 aromatic rings. The molecule has 0 fully saturated rings. The Labute approximate surface area is 132 Å². The zero-order valence-corrected chi connectivity index (χ0v) is 13.1. The van der Waals surface area contributed by atoms with E-state index in [1.807, 2.05) is 0 Å². The lowest BCUT2D eigenvalue weighted by Crippen LogP contribution is -2.24. The number of benzene rings is 1. The van der Waals surface area contributed by atoms with Gasteiger partial charge in [0.05, 0.1) is 15.5 Å². The third-order valence-corrected chi connectivity index (χ3v) is 5.01. The average molecular weight is 337 g/mol. The first-order chi connectivity index (χ1) is 10.9. The van der Waals surface area contributed by atoms with E-state index in [9.17, 15) is 18.5 Å². The molecule has 0 saturated carbocycles. The van der Waals surface area contributed by atoms with E-state index in [2.05, 4.69) is 15.1 Å². The van der Waals surface area contributed by atoms with Gasteiger partial charge < -0.3 is 5.32 Å². The number of aryl methyl sites for hydroxylation is 1. The van der Waals surface area contributed by atoms with Crippen molar-refractivity contribution >= 4 is 21.5 Å². The molecular formula is C13H15N5O4S. The van der Waals surface area contributed by atoms with Gasteiger partial charge in [-0.3, -0.25) is 19.5 Å². The predicted molar refractivity (Wildman–Crippen MR) is 82.5 cm³/mol. The lowest BCUT2D eigenvalue weighted by atomic mass is 10.1. The molecule has 0 atom stereocenters. The van der Waals surface area contributed by atoms with Gasteiger partial charge in [0.15, 0.2) is 0 Å². The second-order valence-electron chi connectivity index (χ2n) is 5.18. The number of hydrogen-bond acceptors (Lipinski definition) is 6. The minimum atomic E-state index is -3.84. The summed E-state index contributed by atoms with van der Waals surface area (Å²) in [6.07, 6.45) is 0.739. The molecule has 0 unspecified atom stereocenters. The van der Waals surface area contributed by atoms with Crippen LogP contribution in [0.25, 0.3) is 0 Å². The number of nitro benzene ring substituents is 1. The lowest BCUT2D eigenvalue weighted by molar-refractivity contribution is -0.384. The normalized spacial score (nSPS) is 14.3. The second-order valence-corrected chi connectivity index (χ2v) is 6.86. The van der Waals surface area contributed by atoms with E-state index < -0.39 is 14.9 Å². The van der Waals surface area contributed by atoms with E-state index in [1.165, 1.54) is 16.8 Å². The van der Waals surface area contributed by atoms with Crippen molar-refractivity contribution in [2.24, 2.45) is 7.05 Å². The Morgan fingerprint density at radius 1 is 1.35 bits per heavy atom. The van der Waals surface area contributed by atoms with Crippen molar-refractivity contribution in [2.45, 2.75) is 17.9 Å². The molecule has 0 amide bonds. The highest BCUT2D eigenvalue weighted by Gasteiger charge is 2.24. The van der Waals surface area contributed by atoms with Crippen LogP contribution < -0.4 is 10.0 Å². The molecule has 2 heterocycles. The minimum Gasteiger partial charge on any atom is -0.312 e. The zero-order chi connectivity index (χ0) is 16.6. The summed E-state index contributed by atoms with van der Waals surface area (Å²) >= 11 is 0.